The molecule has 0 spiro atoms. The Morgan fingerprint density at radius 3 is 2.64 bits per heavy atom. The van der Waals surface area contributed by atoms with Gasteiger partial charge in [0.25, 0.3) is 0 Å². The molecule has 5 nitrogen and oxygen atoms in total. The van der Waals surface area contributed by atoms with Crippen LogP contribution in [0.25, 0.3) is 10.8 Å². The number of nitrogens with zero attached hydrogens (tertiary/aromatic N) is 1. The Balaban J connectivity index is 1.88. The zero-order valence-electron chi connectivity index (χ0n) is 12.3. The van der Waals surface area contributed by atoms with Crippen LogP contribution in [0.15, 0.2) is 47.0 Å². The number of methoxy groups -OCH3 is 1. The molecule has 0 saturated carbocycles. The highest BCUT2D eigenvalue weighted by Crippen LogP contribution is 2.28. The van der Waals surface area contributed by atoms with Gasteiger partial charge in [-0.1, -0.05) is 29.4 Å². The number of aryl methyl sites for hydroxylation is 1. The maximum Gasteiger partial charge on any atom is 0.339 e. The third-order valence-electron chi connectivity index (χ3n) is 3.35. The lowest BCUT2D eigenvalue weighted by atomic mass is 10.0. The zero-order chi connectivity index (χ0) is 15.5. The average Bonchev–Trinajstić information content (AvgIpc) is 2.97. The number of hydrogen-bond donors (Lipinski definition) is 0. The Morgan fingerprint density at radius 2 is 1.95 bits per heavy atom. The summed E-state index contributed by atoms with van der Waals surface area (Å²) >= 11 is 0. The van der Waals surface area contributed by atoms with Crippen molar-refractivity contribution in [1.29, 1.82) is 0 Å². The summed E-state index contributed by atoms with van der Waals surface area (Å²) in [6, 6.07) is 12.8. The molecule has 0 bridgehead atoms. The molecule has 3 aromatic rings. The number of carbonyl (C=O) groups is 1. The van der Waals surface area contributed by atoms with Crippen molar-refractivity contribution in [3.63, 3.8) is 0 Å². The molecule has 0 aliphatic carbocycles. The van der Waals surface area contributed by atoms with E-state index in [1.807, 2.05) is 24.3 Å². The minimum Gasteiger partial charge on any atom is -0.496 e. The van der Waals surface area contributed by atoms with Crippen molar-refractivity contribution >= 4 is 16.7 Å². The molecule has 3 rings (SSSR count). The van der Waals surface area contributed by atoms with Crippen molar-refractivity contribution in [1.82, 2.24) is 5.16 Å². The lowest BCUT2D eigenvalue weighted by Gasteiger charge is -2.09. The number of aromatic nitrogens is 1. The molecule has 1 heterocycles. The quantitative estimate of drug-likeness (QED) is 0.690. The normalized spacial score (nSPS) is 10.6. The van der Waals surface area contributed by atoms with Crippen molar-refractivity contribution in [3.05, 3.63) is 59.5 Å². The largest absolute Gasteiger partial charge is 0.496 e. The van der Waals surface area contributed by atoms with Gasteiger partial charge in [0.1, 0.15) is 23.8 Å². The van der Waals surface area contributed by atoms with Crippen LogP contribution in [0.5, 0.6) is 5.75 Å². The van der Waals surface area contributed by atoms with E-state index in [0.29, 0.717) is 17.0 Å². The van der Waals surface area contributed by atoms with Crippen LogP contribution in [-0.2, 0) is 11.3 Å². The van der Waals surface area contributed by atoms with Crippen LogP contribution in [0.2, 0.25) is 0 Å². The predicted molar refractivity (Wildman–Crippen MR) is 80.9 cm³/mol. The van der Waals surface area contributed by atoms with E-state index in [4.69, 9.17) is 14.0 Å². The molecule has 0 fully saturated rings. The predicted octanol–water partition coefficient (Wildman–Crippen LogP) is 3.50. The lowest BCUT2D eigenvalue weighted by molar-refractivity contribution is 0.0466. The van der Waals surface area contributed by atoms with Gasteiger partial charge in [-0.15, -0.1) is 0 Å². The van der Waals surface area contributed by atoms with Gasteiger partial charge >= 0.3 is 5.97 Å². The Bertz CT molecular complexity index is 822. The number of esters is 1. The molecule has 0 N–H and O–H groups in total. The lowest BCUT2D eigenvalue weighted by Crippen LogP contribution is -2.06. The van der Waals surface area contributed by atoms with Gasteiger partial charge in [0.05, 0.1) is 12.7 Å². The molecule has 22 heavy (non-hydrogen) atoms. The van der Waals surface area contributed by atoms with Gasteiger partial charge in [-0.25, -0.2) is 4.79 Å². The fourth-order valence-electron chi connectivity index (χ4n) is 2.33. The van der Waals surface area contributed by atoms with E-state index in [2.05, 4.69) is 5.16 Å². The first-order valence-electron chi connectivity index (χ1n) is 6.84. The van der Waals surface area contributed by atoms with Crippen molar-refractivity contribution in [2.75, 3.05) is 7.11 Å². The molecular weight excluding hydrogens is 282 g/mol. The van der Waals surface area contributed by atoms with E-state index in [0.717, 1.165) is 16.5 Å². The van der Waals surface area contributed by atoms with Gasteiger partial charge in [-0.3, -0.25) is 0 Å². The number of benzene rings is 2. The molecule has 5 heteroatoms. The number of carbonyl (C=O) groups excluding carboxylic acids is 1. The molecule has 0 unspecified atom stereocenters. The van der Waals surface area contributed by atoms with Gasteiger partial charge in [0.15, 0.2) is 0 Å². The SMILES string of the molecule is COc1ccc(C(=O)OCc2cc(C)on2)c2ccccc12. The van der Waals surface area contributed by atoms with E-state index in [1.165, 1.54) is 0 Å². The van der Waals surface area contributed by atoms with Gasteiger partial charge in [0.2, 0.25) is 0 Å². The van der Waals surface area contributed by atoms with E-state index in [-0.39, 0.29) is 6.61 Å². The number of fused-ring (bicyclic) bond motifs is 1. The monoisotopic (exact) mass is 297 g/mol. The molecule has 0 saturated heterocycles. The number of ether oxygens (including phenoxy) is 2. The van der Waals surface area contributed by atoms with Crippen molar-refractivity contribution < 1.29 is 18.8 Å². The summed E-state index contributed by atoms with van der Waals surface area (Å²) in [5.74, 6) is 1.000. The standard InChI is InChI=1S/C17H15NO4/c1-11-9-12(18-22-11)10-21-17(19)15-7-8-16(20-2)14-6-4-3-5-13(14)15/h3-9H,10H2,1-2H3. The van der Waals surface area contributed by atoms with E-state index < -0.39 is 5.97 Å². The highest BCUT2D eigenvalue weighted by atomic mass is 16.5. The first-order valence-corrected chi connectivity index (χ1v) is 6.84. The van der Waals surface area contributed by atoms with Crippen LogP contribution < -0.4 is 4.74 Å². The molecule has 0 atom stereocenters. The fraction of sp³-hybridized carbons (Fsp3) is 0.176. The second kappa shape index (κ2) is 5.89. The smallest absolute Gasteiger partial charge is 0.339 e. The molecule has 1 aromatic heterocycles. The van der Waals surface area contributed by atoms with Crippen LogP contribution in [-0.4, -0.2) is 18.2 Å². The maximum atomic E-state index is 12.3. The third-order valence-corrected chi connectivity index (χ3v) is 3.35. The summed E-state index contributed by atoms with van der Waals surface area (Å²) in [5.41, 5.74) is 1.08. The van der Waals surface area contributed by atoms with Gasteiger partial charge < -0.3 is 14.0 Å². The van der Waals surface area contributed by atoms with Crippen molar-refractivity contribution in [2.24, 2.45) is 0 Å². The third kappa shape index (κ3) is 2.65. The average molecular weight is 297 g/mol. The zero-order valence-corrected chi connectivity index (χ0v) is 12.3. The van der Waals surface area contributed by atoms with E-state index >= 15 is 0 Å². The van der Waals surface area contributed by atoms with Crippen LogP contribution in [0, 0.1) is 6.92 Å². The highest BCUT2D eigenvalue weighted by molar-refractivity contribution is 6.06. The van der Waals surface area contributed by atoms with Gasteiger partial charge in [-0.2, -0.15) is 0 Å². The minimum absolute atomic E-state index is 0.0799. The van der Waals surface area contributed by atoms with E-state index in [9.17, 15) is 4.79 Å². The molecule has 112 valence electrons. The number of rotatable bonds is 4. The Hall–Kier alpha value is -2.82. The summed E-state index contributed by atoms with van der Waals surface area (Å²) < 4.78 is 15.6. The summed E-state index contributed by atoms with van der Waals surface area (Å²) in [4.78, 5) is 12.3. The molecule has 0 radical (unpaired) electrons. The maximum absolute atomic E-state index is 12.3. The molecule has 0 aliphatic heterocycles. The van der Waals surface area contributed by atoms with Crippen molar-refractivity contribution in [2.45, 2.75) is 13.5 Å². The minimum atomic E-state index is -0.403. The summed E-state index contributed by atoms with van der Waals surface area (Å²) in [6.07, 6.45) is 0. The topological polar surface area (TPSA) is 61.6 Å². The Morgan fingerprint density at radius 1 is 1.18 bits per heavy atom. The first-order chi connectivity index (χ1) is 10.7. The van der Waals surface area contributed by atoms with Crippen LogP contribution in [0.3, 0.4) is 0 Å². The molecule has 2 aromatic carbocycles. The second-order valence-corrected chi connectivity index (χ2v) is 4.87. The highest BCUT2D eigenvalue weighted by Gasteiger charge is 2.14. The summed E-state index contributed by atoms with van der Waals surface area (Å²) in [5, 5.41) is 5.47. The molecular formula is C17H15NO4. The van der Waals surface area contributed by atoms with Gasteiger partial charge in [0, 0.05) is 11.5 Å². The Kier molecular flexibility index (Phi) is 3.78. The number of hydrogen-bond acceptors (Lipinski definition) is 5. The second-order valence-electron chi connectivity index (χ2n) is 4.87. The van der Waals surface area contributed by atoms with Crippen molar-refractivity contribution in [3.8, 4) is 5.75 Å². The molecule has 0 aliphatic rings. The molecule has 0 amide bonds. The fourth-order valence-corrected chi connectivity index (χ4v) is 2.33. The van der Waals surface area contributed by atoms with Crippen LogP contribution in [0.4, 0.5) is 0 Å². The van der Waals surface area contributed by atoms with E-state index in [1.54, 1.807) is 32.2 Å². The summed E-state index contributed by atoms with van der Waals surface area (Å²) in [7, 11) is 1.60. The van der Waals surface area contributed by atoms with Crippen LogP contribution >= 0.6 is 0 Å². The summed E-state index contributed by atoms with van der Waals surface area (Å²) in [6.45, 7) is 1.87. The van der Waals surface area contributed by atoms with Crippen LogP contribution in [0.1, 0.15) is 21.8 Å². The first kappa shape index (κ1) is 14.1. The van der Waals surface area contributed by atoms with Gasteiger partial charge in [-0.05, 0) is 24.4 Å². The Labute approximate surface area is 127 Å².